The Morgan fingerprint density at radius 1 is 1.33 bits per heavy atom. The lowest BCUT2D eigenvalue weighted by molar-refractivity contribution is 0.186. The molecule has 1 aliphatic carbocycles. The van der Waals surface area contributed by atoms with Crippen LogP contribution in [0, 0.1) is 23.6 Å². The highest BCUT2D eigenvalue weighted by Crippen LogP contribution is 2.33. The van der Waals surface area contributed by atoms with Crippen molar-refractivity contribution in [2.45, 2.75) is 46.1 Å². The maximum Gasteiger partial charge on any atom is 0.171 e. The molecule has 0 amide bonds. The largest absolute Gasteiger partial charge is 0.359 e. The summed E-state index contributed by atoms with van der Waals surface area (Å²) in [6.45, 7) is 6.85. The Balaban J connectivity index is 1.96. The SMILES string of the molecule is CC(C)[C@@H]1CC[C@@H](C)C[C@@H]1NC(=S)Nc1cccc(F)c1. The number of rotatable bonds is 3. The van der Waals surface area contributed by atoms with E-state index in [1.807, 2.05) is 6.07 Å². The van der Waals surface area contributed by atoms with Gasteiger partial charge in [0, 0.05) is 11.7 Å². The van der Waals surface area contributed by atoms with Gasteiger partial charge in [-0.3, -0.25) is 0 Å². The van der Waals surface area contributed by atoms with Crippen LogP contribution < -0.4 is 10.6 Å². The van der Waals surface area contributed by atoms with Crippen molar-refractivity contribution in [3.63, 3.8) is 0 Å². The van der Waals surface area contributed by atoms with Gasteiger partial charge in [0.15, 0.2) is 5.11 Å². The molecule has 0 unspecified atom stereocenters. The van der Waals surface area contributed by atoms with E-state index in [-0.39, 0.29) is 5.82 Å². The van der Waals surface area contributed by atoms with Gasteiger partial charge in [0.2, 0.25) is 0 Å². The molecule has 1 fully saturated rings. The highest BCUT2D eigenvalue weighted by molar-refractivity contribution is 7.80. The molecule has 0 spiro atoms. The van der Waals surface area contributed by atoms with Crippen molar-refractivity contribution in [3.05, 3.63) is 30.1 Å². The first kappa shape index (κ1) is 16.2. The third kappa shape index (κ3) is 4.67. The summed E-state index contributed by atoms with van der Waals surface area (Å²) in [7, 11) is 0. The van der Waals surface area contributed by atoms with Gasteiger partial charge < -0.3 is 10.6 Å². The molecule has 0 radical (unpaired) electrons. The van der Waals surface area contributed by atoms with Gasteiger partial charge in [-0.2, -0.15) is 0 Å². The molecule has 2 nitrogen and oxygen atoms in total. The van der Waals surface area contributed by atoms with E-state index in [1.54, 1.807) is 6.07 Å². The number of halogens is 1. The fourth-order valence-corrected chi connectivity index (χ4v) is 3.54. The fraction of sp³-hybridized carbons (Fsp3) is 0.588. The van der Waals surface area contributed by atoms with Gasteiger partial charge in [0.05, 0.1) is 0 Å². The number of hydrogen-bond acceptors (Lipinski definition) is 1. The van der Waals surface area contributed by atoms with Crippen LogP contribution in [0.25, 0.3) is 0 Å². The number of anilines is 1. The summed E-state index contributed by atoms with van der Waals surface area (Å²) >= 11 is 5.39. The number of nitrogens with one attached hydrogen (secondary N) is 2. The summed E-state index contributed by atoms with van der Waals surface area (Å²) in [5.74, 6) is 1.77. The summed E-state index contributed by atoms with van der Waals surface area (Å²) < 4.78 is 13.2. The van der Waals surface area contributed by atoms with Crippen molar-refractivity contribution in [2.24, 2.45) is 17.8 Å². The maximum atomic E-state index is 13.2. The minimum Gasteiger partial charge on any atom is -0.359 e. The molecule has 3 atom stereocenters. The summed E-state index contributed by atoms with van der Waals surface area (Å²) in [6.07, 6.45) is 3.69. The zero-order valence-electron chi connectivity index (χ0n) is 13.0. The standard InChI is InChI=1S/C17H25FN2S/c1-11(2)15-8-7-12(3)9-16(15)20-17(21)19-14-6-4-5-13(18)10-14/h4-6,10-12,15-16H,7-9H2,1-3H3,(H2,19,20,21)/t12-,15+,16+/m1/s1. The molecule has 21 heavy (non-hydrogen) atoms. The minimum absolute atomic E-state index is 0.255. The first-order chi connectivity index (χ1) is 9.95. The predicted molar refractivity (Wildman–Crippen MR) is 90.9 cm³/mol. The van der Waals surface area contributed by atoms with E-state index in [4.69, 9.17) is 12.2 Å². The third-order valence-corrected chi connectivity index (χ3v) is 4.64. The quantitative estimate of drug-likeness (QED) is 0.800. The van der Waals surface area contributed by atoms with Crippen molar-refractivity contribution in [2.75, 3.05) is 5.32 Å². The first-order valence-electron chi connectivity index (χ1n) is 7.78. The van der Waals surface area contributed by atoms with Crippen LogP contribution in [0.1, 0.15) is 40.0 Å². The molecule has 2 N–H and O–H groups in total. The van der Waals surface area contributed by atoms with Crippen LogP contribution in [0.5, 0.6) is 0 Å². The summed E-state index contributed by atoms with van der Waals surface area (Å²) in [5.41, 5.74) is 0.692. The Hall–Kier alpha value is -1.16. The number of benzene rings is 1. The lowest BCUT2D eigenvalue weighted by Crippen LogP contribution is -2.47. The normalized spacial score (nSPS) is 25.7. The molecule has 4 heteroatoms. The second-order valence-corrected chi connectivity index (χ2v) is 6.95. The van der Waals surface area contributed by atoms with E-state index < -0.39 is 0 Å². The lowest BCUT2D eigenvalue weighted by atomic mass is 9.74. The highest BCUT2D eigenvalue weighted by Gasteiger charge is 2.30. The summed E-state index contributed by atoms with van der Waals surface area (Å²) in [5, 5.41) is 7.12. The molecule has 0 saturated heterocycles. The van der Waals surface area contributed by atoms with Crippen molar-refractivity contribution in [3.8, 4) is 0 Å². The van der Waals surface area contributed by atoms with E-state index >= 15 is 0 Å². The van der Waals surface area contributed by atoms with E-state index in [9.17, 15) is 4.39 Å². The topological polar surface area (TPSA) is 24.1 Å². The van der Waals surface area contributed by atoms with Crippen LogP contribution in [0.4, 0.5) is 10.1 Å². The second kappa shape index (κ2) is 7.21. The lowest BCUT2D eigenvalue weighted by Gasteiger charge is -2.38. The van der Waals surface area contributed by atoms with Crippen molar-refractivity contribution >= 4 is 23.0 Å². The molecular formula is C17H25FN2S. The Morgan fingerprint density at radius 3 is 2.76 bits per heavy atom. The monoisotopic (exact) mass is 308 g/mol. The highest BCUT2D eigenvalue weighted by atomic mass is 32.1. The van der Waals surface area contributed by atoms with Crippen LogP contribution in [0.15, 0.2) is 24.3 Å². The van der Waals surface area contributed by atoms with Gasteiger partial charge in [0.25, 0.3) is 0 Å². The van der Waals surface area contributed by atoms with Gasteiger partial charge in [-0.25, -0.2) is 4.39 Å². The number of thiocarbonyl (C=S) groups is 1. The molecule has 1 saturated carbocycles. The smallest absolute Gasteiger partial charge is 0.171 e. The Bertz CT molecular complexity index is 489. The maximum absolute atomic E-state index is 13.2. The molecule has 1 aliphatic rings. The fourth-order valence-electron chi connectivity index (χ4n) is 3.27. The van der Waals surface area contributed by atoms with E-state index in [0.29, 0.717) is 28.7 Å². The zero-order valence-corrected chi connectivity index (χ0v) is 13.8. The van der Waals surface area contributed by atoms with Gasteiger partial charge >= 0.3 is 0 Å². The summed E-state index contributed by atoms with van der Waals surface area (Å²) in [6, 6.07) is 6.79. The molecular weight excluding hydrogens is 283 g/mol. The van der Waals surface area contributed by atoms with Gasteiger partial charge in [-0.1, -0.05) is 33.3 Å². The van der Waals surface area contributed by atoms with Gasteiger partial charge in [-0.05, 0) is 61.0 Å². The Labute approximate surface area is 132 Å². The first-order valence-corrected chi connectivity index (χ1v) is 8.19. The molecule has 0 bridgehead atoms. The van der Waals surface area contributed by atoms with Crippen LogP contribution in [0.2, 0.25) is 0 Å². The molecule has 0 heterocycles. The van der Waals surface area contributed by atoms with E-state index in [1.165, 1.54) is 25.0 Å². The second-order valence-electron chi connectivity index (χ2n) is 6.54. The average molecular weight is 308 g/mol. The molecule has 0 aliphatic heterocycles. The van der Waals surface area contributed by atoms with Crippen molar-refractivity contribution in [1.29, 1.82) is 0 Å². The minimum atomic E-state index is -0.255. The zero-order chi connectivity index (χ0) is 15.4. The number of hydrogen-bond donors (Lipinski definition) is 2. The third-order valence-electron chi connectivity index (χ3n) is 4.42. The van der Waals surface area contributed by atoms with Gasteiger partial charge in [0.1, 0.15) is 5.82 Å². The Kier molecular flexibility index (Phi) is 5.57. The van der Waals surface area contributed by atoms with Crippen LogP contribution in [0.3, 0.4) is 0 Å². The molecule has 116 valence electrons. The van der Waals surface area contributed by atoms with Gasteiger partial charge in [-0.15, -0.1) is 0 Å². The molecule has 0 aromatic heterocycles. The Morgan fingerprint density at radius 2 is 2.10 bits per heavy atom. The van der Waals surface area contributed by atoms with Crippen molar-refractivity contribution < 1.29 is 4.39 Å². The van der Waals surface area contributed by atoms with E-state index in [0.717, 1.165) is 12.3 Å². The average Bonchev–Trinajstić information content (AvgIpc) is 2.38. The van der Waals surface area contributed by atoms with Crippen molar-refractivity contribution in [1.82, 2.24) is 5.32 Å². The molecule has 1 aromatic rings. The predicted octanol–water partition coefficient (Wildman–Crippen LogP) is 4.57. The molecule has 2 rings (SSSR count). The van der Waals surface area contributed by atoms with E-state index in [2.05, 4.69) is 31.4 Å². The van der Waals surface area contributed by atoms with Crippen LogP contribution in [-0.2, 0) is 0 Å². The van der Waals surface area contributed by atoms with Crippen LogP contribution in [-0.4, -0.2) is 11.2 Å². The summed E-state index contributed by atoms with van der Waals surface area (Å²) in [4.78, 5) is 0. The van der Waals surface area contributed by atoms with Crippen LogP contribution >= 0.6 is 12.2 Å². The molecule has 1 aromatic carbocycles.